The zero-order valence-electron chi connectivity index (χ0n) is 23.5. The third kappa shape index (κ3) is 3.03. The van der Waals surface area contributed by atoms with Gasteiger partial charge in [0.1, 0.15) is 5.60 Å². The summed E-state index contributed by atoms with van der Waals surface area (Å²) < 4.78 is 25.3. The molecule has 8 nitrogen and oxygen atoms in total. The SMILES string of the molecule is CCN1C[C@]2(COC)CC[C@H](O)[C@@]34[C@@H]5C[C@H]6[C@H](O)[C@@H]5[C@](OC(=O)c5ccccc5)(C[C@@H]6OC)C(C(OC)[C@H]23)[C@@H]14. The number of carbonyl (C=O) groups is 1. The Kier molecular flexibility index (Phi) is 6.06. The van der Waals surface area contributed by atoms with Gasteiger partial charge in [-0.1, -0.05) is 25.1 Å². The average Bonchev–Trinajstić information content (AvgIpc) is 3.35. The fourth-order valence-electron chi connectivity index (χ4n) is 11.6. The van der Waals surface area contributed by atoms with Gasteiger partial charge < -0.3 is 29.2 Å². The predicted molar refractivity (Wildman–Crippen MR) is 142 cm³/mol. The minimum Gasteiger partial charge on any atom is -0.454 e. The van der Waals surface area contributed by atoms with Crippen LogP contribution in [0.5, 0.6) is 0 Å². The number of ether oxygens (including phenoxy) is 4. The van der Waals surface area contributed by atoms with Crippen LogP contribution in [-0.4, -0.2) is 98.2 Å². The van der Waals surface area contributed by atoms with Gasteiger partial charge in [-0.15, -0.1) is 0 Å². The fraction of sp³-hybridized carbons (Fsp3) is 0.774. The number of fused-ring (bicyclic) bond motifs is 2. The van der Waals surface area contributed by atoms with E-state index in [1.165, 1.54) is 0 Å². The molecule has 1 heterocycles. The summed E-state index contributed by atoms with van der Waals surface area (Å²) in [5, 5.41) is 24.2. The summed E-state index contributed by atoms with van der Waals surface area (Å²) in [7, 11) is 5.25. The number of carbonyl (C=O) groups excluding carboxylic acids is 1. The van der Waals surface area contributed by atoms with Crippen LogP contribution in [0.15, 0.2) is 30.3 Å². The highest BCUT2D eigenvalue weighted by atomic mass is 16.6. The quantitative estimate of drug-likeness (QED) is 0.508. The maximum absolute atomic E-state index is 13.9. The van der Waals surface area contributed by atoms with Gasteiger partial charge in [0.25, 0.3) is 0 Å². The molecule has 0 aromatic heterocycles. The number of nitrogens with zero attached hydrogens (tertiary/aromatic N) is 1. The second-order valence-corrected chi connectivity index (χ2v) is 13.3. The number of piperidine rings is 1. The highest BCUT2D eigenvalue weighted by Crippen LogP contribution is 2.79. The van der Waals surface area contributed by atoms with Gasteiger partial charge in [0, 0.05) is 74.8 Å². The lowest BCUT2D eigenvalue weighted by Crippen LogP contribution is -2.76. The van der Waals surface area contributed by atoms with E-state index >= 15 is 0 Å². The molecule has 1 saturated heterocycles. The lowest BCUT2D eigenvalue weighted by Gasteiger charge is -2.69. The average molecular weight is 542 g/mol. The number of methoxy groups -OCH3 is 3. The van der Waals surface area contributed by atoms with Crippen LogP contribution in [-0.2, 0) is 18.9 Å². The number of hydrogen-bond acceptors (Lipinski definition) is 8. The van der Waals surface area contributed by atoms with Gasteiger partial charge in [0.2, 0.25) is 0 Å². The van der Waals surface area contributed by atoms with Crippen molar-refractivity contribution in [3.05, 3.63) is 35.9 Å². The number of likely N-dealkylation sites (tertiary alicyclic amines) is 1. The van der Waals surface area contributed by atoms with Gasteiger partial charge in [-0.05, 0) is 43.9 Å². The van der Waals surface area contributed by atoms with Gasteiger partial charge in [0.15, 0.2) is 0 Å². The fourth-order valence-corrected chi connectivity index (χ4v) is 11.6. The van der Waals surface area contributed by atoms with Crippen LogP contribution in [0, 0.1) is 40.4 Å². The van der Waals surface area contributed by atoms with Crippen molar-refractivity contribution in [1.29, 1.82) is 0 Å². The number of hydrogen-bond donors (Lipinski definition) is 2. The Morgan fingerprint density at radius 2 is 1.87 bits per heavy atom. The van der Waals surface area contributed by atoms with Gasteiger partial charge in [-0.25, -0.2) is 4.79 Å². The monoisotopic (exact) mass is 541 g/mol. The van der Waals surface area contributed by atoms with Crippen molar-refractivity contribution in [3.8, 4) is 0 Å². The van der Waals surface area contributed by atoms with Gasteiger partial charge in [0.05, 0.1) is 36.6 Å². The lowest BCUT2D eigenvalue weighted by atomic mass is 9.43. The van der Waals surface area contributed by atoms with E-state index in [2.05, 4.69) is 11.8 Å². The summed E-state index contributed by atoms with van der Waals surface area (Å²) >= 11 is 0. The first-order chi connectivity index (χ1) is 18.8. The van der Waals surface area contributed by atoms with E-state index in [4.69, 9.17) is 18.9 Å². The smallest absolute Gasteiger partial charge is 0.338 e. The number of esters is 1. The third-order valence-electron chi connectivity index (χ3n) is 12.4. The van der Waals surface area contributed by atoms with Crippen LogP contribution in [0.2, 0.25) is 0 Å². The molecule has 8 heteroatoms. The van der Waals surface area contributed by atoms with Crippen LogP contribution >= 0.6 is 0 Å². The molecule has 2 N–H and O–H groups in total. The molecule has 0 amide bonds. The number of aliphatic hydroxyl groups excluding tert-OH is 2. The molecule has 5 aliphatic carbocycles. The molecular weight excluding hydrogens is 498 g/mol. The zero-order valence-corrected chi connectivity index (χ0v) is 23.5. The van der Waals surface area contributed by atoms with Gasteiger partial charge in [-0.3, -0.25) is 4.90 Å². The van der Waals surface area contributed by atoms with E-state index < -0.39 is 23.2 Å². The first kappa shape index (κ1) is 26.4. The molecular formula is C31H43NO7. The number of rotatable bonds is 7. The molecule has 13 atom stereocenters. The Labute approximate surface area is 230 Å². The molecule has 1 aliphatic heterocycles. The van der Waals surface area contributed by atoms with Crippen LogP contribution in [0.4, 0.5) is 0 Å². The van der Waals surface area contributed by atoms with Crippen molar-refractivity contribution >= 4 is 5.97 Å². The molecule has 0 radical (unpaired) electrons. The van der Waals surface area contributed by atoms with Crippen molar-refractivity contribution in [3.63, 3.8) is 0 Å². The second-order valence-electron chi connectivity index (χ2n) is 13.3. The number of benzene rings is 1. The predicted octanol–water partition coefficient (Wildman–Crippen LogP) is 2.37. The molecule has 5 saturated carbocycles. The minimum atomic E-state index is -0.977. The Bertz CT molecular complexity index is 1120. The van der Waals surface area contributed by atoms with Crippen molar-refractivity contribution in [2.24, 2.45) is 40.4 Å². The molecule has 7 bridgehead atoms. The Balaban J connectivity index is 1.47. The molecule has 7 rings (SSSR count). The second kappa shape index (κ2) is 8.97. The molecule has 6 aliphatic rings. The molecule has 1 spiro atoms. The van der Waals surface area contributed by atoms with Crippen molar-refractivity contribution in [1.82, 2.24) is 4.90 Å². The van der Waals surface area contributed by atoms with Crippen molar-refractivity contribution < 1.29 is 34.0 Å². The Morgan fingerprint density at radius 3 is 2.54 bits per heavy atom. The summed E-state index contributed by atoms with van der Waals surface area (Å²) in [6, 6.07) is 9.13. The molecule has 214 valence electrons. The first-order valence-electron chi connectivity index (χ1n) is 14.8. The summed E-state index contributed by atoms with van der Waals surface area (Å²) in [5.74, 6) is -0.883. The van der Waals surface area contributed by atoms with E-state index in [9.17, 15) is 15.0 Å². The first-order valence-corrected chi connectivity index (χ1v) is 14.8. The lowest BCUT2D eigenvalue weighted by molar-refractivity contribution is -0.271. The van der Waals surface area contributed by atoms with E-state index in [1.54, 1.807) is 33.5 Å². The summed E-state index contributed by atoms with van der Waals surface area (Å²) in [6.07, 6.45) is 1.19. The number of aliphatic hydroxyl groups is 2. The summed E-state index contributed by atoms with van der Waals surface area (Å²) in [6.45, 7) is 4.48. The van der Waals surface area contributed by atoms with Crippen LogP contribution in [0.1, 0.15) is 43.0 Å². The van der Waals surface area contributed by atoms with Crippen molar-refractivity contribution in [2.75, 3.05) is 41.0 Å². The zero-order chi connectivity index (χ0) is 27.3. The third-order valence-corrected chi connectivity index (χ3v) is 12.4. The largest absolute Gasteiger partial charge is 0.454 e. The maximum atomic E-state index is 13.9. The molecule has 39 heavy (non-hydrogen) atoms. The van der Waals surface area contributed by atoms with Crippen molar-refractivity contribution in [2.45, 2.75) is 68.7 Å². The molecule has 1 aromatic carbocycles. The minimum absolute atomic E-state index is 0.0199. The molecule has 6 fully saturated rings. The van der Waals surface area contributed by atoms with E-state index in [1.807, 2.05) is 18.2 Å². The topological polar surface area (TPSA) is 97.7 Å². The normalized spacial score (nSPS) is 51.1. The highest BCUT2D eigenvalue weighted by Gasteiger charge is 2.87. The van der Waals surface area contributed by atoms with Crippen LogP contribution < -0.4 is 0 Å². The highest BCUT2D eigenvalue weighted by molar-refractivity contribution is 5.89. The van der Waals surface area contributed by atoms with Crippen LogP contribution in [0.25, 0.3) is 0 Å². The van der Waals surface area contributed by atoms with Gasteiger partial charge >= 0.3 is 5.97 Å². The Morgan fingerprint density at radius 1 is 1.10 bits per heavy atom. The molecule has 2 unspecified atom stereocenters. The standard InChI is InChI=1S/C31H43NO7/c1-5-32-15-29(16-36-2)12-11-21(33)31-19-13-18-20(37-3)14-30(22(19)24(18)34,23(27(31)32)25(38-4)26(29)31)39-28(35)17-9-7-6-8-10-17/h6-10,18-27,33-34H,5,11-16H2,1-4H3/t18-,19-,20+,21+,22-,23?,24+,25?,26-,27-,29+,30-,31+/m1/s1. The molecule has 1 aromatic rings. The van der Waals surface area contributed by atoms with E-state index in [0.717, 1.165) is 25.9 Å². The Hall–Kier alpha value is -1.55. The summed E-state index contributed by atoms with van der Waals surface area (Å²) in [5.41, 5.74) is -1.12. The van der Waals surface area contributed by atoms with Gasteiger partial charge in [-0.2, -0.15) is 0 Å². The maximum Gasteiger partial charge on any atom is 0.338 e. The summed E-state index contributed by atoms with van der Waals surface area (Å²) in [4.78, 5) is 16.4. The van der Waals surface area contributed by atoms with E-state index in [-0.39, 0.29) is 59.2 Å². The van der Waals surface area contributed by atoms with Crippen LogP contribution in [0.3, 0.4) is 0 Å². The van der Waals surface area contributed by atoms with E-state index in [0.29, 0.717) is 25.0 Å².